The molecule has 2 unspecified atom stereocenters. The van der Waals surface area contributed by atoms with Crippen molar-refractivity contribution >= 4 is 17.6 Å². The minimum atomic E-state index is -1.04. The first-order chi connectivity index (χ1) is 14.1. The largest absolute Gasteiger partial charge is 0.465 e. The Balaban J connectivity index is 0.000000989. The van der Waals surface area contributed by atoms with Crippen LogP contribution in [0.3, 0.4) is 0 Å². The van der Waals surface area contributed by atoms with Gasteiger partial charge in [0.25, 0.3) is 0 Å². The molecule has 0 saturated carbocycles. The third kappa shape index (κ3) is 6.12. The van der Waals surface area contributed by atoms with Crippen LogP contribution in [0.15, 0.2) is 48.7 Å². The summed E-state index contributed by atoms with van der Waals surface area (Å²) in [7, 11) is 0. The zero-order chi connectivity index (χ0) is 21.8. The quantitative estimate of drug-likeness (QED) is 0.612. The fourth-order valence-electron chi connectivity index (χ4n) is 3.03. The van der Waals surface area contributed by atoms with Gasteiger partial charge in [0.1, 0.15) is 5.92 Å². The van der Waals surface area contributed by atoms with Crippen molar-refractivity contribution in [2.45, 2.75) is 53.7 Å². The van der Waals surface area contributed by atoms with Gasteiger partial charge in [-0.1, -0.05) is 52.0 Å². The lowest BCUT2D eigenvalue weighted by atomic mass is 9.98. The number of amides is 1. The molecule has 2 heterocycles. The Labute approximate surface area is 173 Å². The van der Waals surface area contributed by atoms with Gasteiger partial charge in [-0.25, -0.2) is 0 Å². The fourth-order valence-corrected chi connectivity index (χ4v) is 3.03. The van der Waals surface area contributed by atoms with Gasteiger partial charge in [-0.3, -0.25) is 14.6 Å². The van der Waals surface area contributed by atoms with Crippen molar-refractivity contribution in [1.82, 2.24) is 4.98 Å². The fraction of sp³-hybridized carbons (Fsp3) is 0.435. The summed E-state index contributed by atoms with van der Waals surface area (Å²) in [4.78, 5) is 31.1. The van der Waals surface area contributed by atoms with Crippen LogP contribution in [0.5, 0.6) is 0 Å². The van der Waals surface area contributed by atoms with Gasteiger partial charge in [0.05, 0.1) is 24.9 Å². The number of pyridine rings is 1. The number of benzene rings is 1. The lowest BCUT2D eigenvalue weighted by Crippen LogP contribution is -2.39. The van der Waals surface area contributed by atoms with Crippen LogP contribution in [0.1, 0.15) is 58.4 Å². The summed E-state index contributed by atoms with van der Waals surface area (Å²) in [6, 6.07) is 12.6. The number of aliphatic hydroxyl groups excluding tert-OH is 1. The van der Waals surface area contributed by atoms with Crippen LogP contribution in [0.2, 0.25) is 0 Å². The highest BCUT2D eigenvalue weighted by Crippen LogP contribution is 2.36. The molecule has 1 aliphatic rings. The normalized spacial score (nSPS) is 17.6. The minimum absolute atomic E-state index is 0.00734. The maximum Gasteiger partial charge on any atom is 0.318 e. The Bertz CT molecular complexity index is 764. The van der Waals surface area contributed by atoms with E-state index in [2.05, 4.69) is 4.98 Å². The maximum atomic E-state index is 13.1. The number of hydrogen-bond donors (Lipinski definition) is 1. The number of ether oxygens (including phenoxy) is 1. The number of fused-ring (bicyclic) bond motifs is 1. The third-order valence-electron chi connectivity index (χ3n) is 4.23. The van der Waals surface area contributed by atoms with E-state index in [1.807, 2.05) is 39.8 Å². The number of carbonyl (C=O) groups excluding carboxylic acids is 2. The molecular formula is C23H32N2O4. The predicted octanol–water partition coefficient (Wildman–Crippen LogP) is 4.28. The van der Waals surface area contributed by atoms with Crippen molar-refractivity contribution in [1.29, 1.82) is 0 Å². The number of esters is 1. The number of hydrogen-bond acceptors (Lipinski definition) is 5. The molecule has 6 nitrogen and oxygen atoms in total. The molecule has 0 fully saturated rings. The zero-order valence-corrected chi connectivity index (χ0v) is 18.0. The molecule has 0 aliphatic carbocycles. The molecule has 0 spiro atoms. The van der Waals surface area contributed by atoms with E-state index < -0.39 is 18.0 Å². The van der Waals surface area contributed by atoms with E-state index in [0.29, 0.717) is 16.9 Å². The van der Waals surface area contributed by atoms with E-state index in [1.165, 1.54) is 4.90 Å². The van der Waals surface area contributed by atoms with Crippen LogP contribution >= 0.6 is 0 Å². The Morgan fingerprint density at radius 3 is 2.41 bits per heavy atom. The van der Waals surface area contributed by atoms with Crippen LogP contribution < -0.4 is 4.90 Å². The second-order valence-electron chi connectivity index (χ2n) is 5.86. The molecule has 29 heavy (non-hydrogen) atoms. The van der Waals surface area contributed by atoms with Crippen molar-refractivity contribution in [2.75, 3.05) is 11.5 Å². The summed E-state index contributed by atoms with van der Waals surface area (Å²) in [6.07, 6.45) is 0.748. The van der Waals surface area contributed by atoms with Crippen molar-refractivity contribution < 1.29 is 19.4 Å². The number of rotatable bonds is 4. The average Bonchev–Trinajstić information content (AvgIpc) is 2.88. The van der Waals surface area contributed by atoms with Gasteiger partial charge in [-0.05, 0) is 31.5 Å². The monoisotopic (exact) mass is 400 g/mol. The standard InChI is InChI=1S/C19H20N2O4.2C2H6/c1-2-25-19(24)15-11-17(22)14-8-3-4-9-16(14)21(18(15)23)12-13-7-5-6-10-20-13;2*1-2/h3-10,15,17,22H,2,11-12H2,1H3;2*1-2H3. The van der Waals surface area contributed by atoms with E-state index in [-0.39, 0.29) is 25.5 Å². The van der Waals surface area contributed by atoms with E-state index in [4.69, 9.17) is 4.74 Å². The number of anilines is 1. The minimum Gasteiger partial charge on any atom is -0.465 e. The molecule has 0 radical (unpaired) electrons. The third-order valence-corrected chi connectivity index (χ3v) is 4.23. The zero-order valence-electron chi connectivity index (χ0n) is 18.0. The van der Waals surface area contributed by atoms with E-state index in [1.54, 1.807) is 43.5 Å². The van der Waals surface area contributed by atoms with Gasteiger partial charge >= 0.3 is 5.97 Å². The Kier molecular flexibility index (Phi) is 10.6. The highest BCUT2D eigenvalue weighted by molar-refractivity contribution is 6.07. The van der Waals surface area contributed by atoms with Crippen molar-refractivity contribution in [3.05, 3.63) is 59.9 Å². The summed E-state index contributed by atoms with van der Waals surface area (Å²) >= 11 is 0. The van der Waals surface area contributed by atoms with Crippen LogP contribution in [0, 0.1) is 5.92 Å². The molecule has 1 amide bonds. The molecular weight excluding hydrogens is 368 g/mol. The highest BCUT2D eigenvalue weighted by atomic mass is 16.5. The molecule has 0 saturated heterocycles. The van der Waals surface area contributed by atoms with Crippen molar-refractivity contribution in [2.24, 2.45) is 5.92 Å². The number of nitrogens with zero attached hydrogens (tertiary/aromatic N) is 2. The van der Waals surface area contributed by atoms with Gasteiger partial charge in [-0.15, -0.1) is 0 Å². The van der Waals surface area contributed by atoms with Gasteiger partial charge in [0.2, 0.25) is 5.91 Å². The molecule has 0 bridgehead atoms. The maximum absolute atomic E-state index is 13.1. The Hall–Kier alpha value is -2.73. The van der Waals surface area contributed by atoms with Crippen LogP contribution in [-0.2, 0) is 20.9 Å². The Morgan fingerprint density at radius 1 is 1.14 bits per heavy atom. The molecule has 6 heteroatoms. The van der Waals surface area contributed by atoms with E-state index >= 15 is 0 Å². The second kappa shape index (κ2) is 12.7. The number of carbonyl (C=O) groups is 2. The summed E-state index contributed by atoms with van der Waals surface area (Å²) in [5.74, 6) is -2.02. The van der Waals surface area contributed by atoms with E-state index in [9.17, 15) is 14.7 Å². The molecule has 3 rings (SSSR count). The first-order valence-electron chi connectivity index (χ1n) is 10.3. The molecule has 158 valence electrons. The average molecular weight is 401 g/mol. The smallest absolute Gasteiger partial charge is 0.318 e. The lowest BCUT2D eigenvalue weighted by Gasteiger charge is -2.24. The Morgan fingerprint density at radius 2 is 1.79 bits per heavy atom. The SMILES string of the molecule is CC.CC.CCOC(=O)C1CC(O)c2ccccc2N(Cc2ccccn2)C1=O. The summed E-state index contributed by atoms with van der Waals surface area (Å²) in [5, 5.41) is 10.5. The van der Waals surface area contributed by atoms with Gasteiger partial charge in [0, 0.05) is 17.4 Å². The molecule has 1 aromatic heterocycles. The van der Waals surface area contributed by atoms with Crippen molar-refractivity contribution in [3.8, 4) is 0 Å². The van der Waals surface area contributed by atoms with Gasteiger partial charge in [-0.2, -0.15) is 0 Å². The number of para-hydroxylation sites is 1. The van der Waals surface area contributed by atoms with Gasteiger partial charge < -0.3 is 14.7 Å². The molecule has 1 aliphatic heterocycles. The van der Waals surface area contributed by atoms with Crippen LogP contribution in [0.25, 0.3) is 0 Å². The molecule has 2 aromatic rings. The first kappa shape index (κ1) is 24.3. The molecule has 2 atom stereocenters. The lowest BCUT2D eigenvalue weighted by molar-refractivity contribution is -0.152. The number of aromatic nitrogens is 1. The van der Waals surface area contributed by atoms with Crippen LogP contribution in [0.4, 0.5) is 5.69 Å². The number of aliphatic hydroxyl groups is 1. The topological polar surface area (TPSA) is 79.7 Å². The molecule has 1 N–H and O–H groups in total. The van der Waals surface area contributed by atoms with Crippen LogP contribution in [-0.4, -0.2) is 28.6 Å². The predicted molar refractivity (Wildman–Crippen MR) is 114 cm³/mol. The highest BCUT2D eigenvalue weighted by Gasteiger charge is 2.39. The first-order valence-corrected chi connectivity index (χ1v) is 10.3. The summed E-state index contributed by atoms with van der Waals surface area (Å²) < 4.78 is 5.04. The molecule has 1 aromatic carbocycles. The summed E-state index contributed by atoms with van der Waals surface area (Å²) in [6.45, 7) is 10.1. The van der Waals surface area contributed by atoms with E-state index in [0.717, 1.165) is 0 Å². The van der Waals surface area contributed by atoms with Gasteiger partial charge in [0.15, 0.2) is 0 Å². The van der Waals surface area contributed by atoms with Crippen molar-refractivity contribution in [3.63, 3.8) is 0 Å². The summed E-state index contributed by atoms with van der Waals surface area (Å²) in [5.41, 5.74) is 1.92. The second-order valence-corrected chi connectivity index (χ2v) is 5.86.